The normalized spacial score (nSPS) is 45.9. The van der Waals surface area contributed by atoms with E-state index in [9.17, 15) is 4.79 Å². The van der Waals surface area contributed by atoms with E-state index >= 15 is 0 Å². The highest BCUT2D eigenvalue weighted by Gasteiger charge is 2.78. The molecule has 5 aliphatic rings. The number of carbonyl (C=O) groups is 1. The van der Waals surface area contributed by atoms with Crippen LogP contribution in [0.15, 0.2) is 30.3 Å². The summed E-state index contributed by atoms with van der Waals surface area (Å²) in [6.45, 7) is 15.1. The molecule has 0 aromatic heterocycles. The Hall–Kier alpha value is -1.35. The number of hydrogen-bond acceptors (Lipinski definition) is 3. The highest BCUT2D eigenvalue weighted by molar-refractivity contribution is 5.89. The van der Waals surface area contributed by atoms with Crippen molar-refractivity contribution < 1.29 is 14.3 Å². The molecule has 0 amide bonds. The Kier molecular flexibility index (Phi) is 6.81. The van der Waals surface area contributed by atoms with Crippen molar-refractivity contribution in [3.8, 4) is 0 Å². The number of epoxide rings is 1. The van der Waals surface area contributed by atoms with Gasteiger partial charge in [0.2, 0.25) is 0 Å². The first-order valence-corrected chi connectivity index (χ1v) is 16.0. The highest BCUT2D eigenvalue weighted by atomic mass is 16.6. The van der Waals surface area contributed by atoms with Crippen LogP contribution in [0, 0.1) is 52.3 Å². The maximum Gasteiger partial charge on any atom is 0.338 e. The molecular weight excluding hydrogens is 468 g/mol. The molecule has 1 heterocycles. The van der Waals surface area contributed by atoms with Crippen molar-refractivity contribution in [1.82, 2.24) is 0 Å². The molecule has 1 spiro atoms. The average molecular weight is 521 g/mol. The van der Waals surface area contributed by atoms with Gasteiger partial charge in [-0.05, 0) is 97.5 Å². The van der Waals surface area contributed by atoms with E-state index in [4.69, 9.17) is 9.47 Å². The molecule has 4 aliphatic carbocycles. The van der Waals surface area contributed by atoms with Gasteiger partial charge in [0.15, 0.2) is 0 Å². The number of hydrogen-bond donors (Lipinski definition) is 0. The molecule has 1 aliphatic heterocycles. The minimum atomic E-state index is -0.178. The molecule has 4 saturated carbocycles. The topological polar surface area (TPSA) is 38.8 Å². The molecule has 0 radical (unpaired) electrons. The van der Waals surface area contributed by atoms with Gasteiger partial charge in [0.25, 0.3) is 0 Å². The maximum absolute atomic E-state index is 12.8. The summed E-state index contributed by atoms with van der Waals surface area (Å²) in [6, 6.07) is 9.48. The number of esters is 1. The number of ether oxygens (including phenoxy) is 2. The first-order chi connectivity index (χ1) is 18.1. The van der Waals surface area contributed by atoms with Gasteiger partial charge < -0.3 is 9.47 Å². The zero-order chi connectivity index (χ0) is 26.9. The largest absolute Gasteiger partial charge is 0.459 e. The second-order valence-electron chi connectivity index (χ2n) is 15.2. The average Bonchev–Trinajstić information content (AvgIpc) is 3.51. The fraction of sp³-hybridized carbons (Fsp3) is 0.800. The maximum atomic E-state index is 12.8. The molecule has 1 aromatic carbocycles. The van der Waals surface area contributed by atoms with Gasteiger partial charge in [0.05, 0.1) is 11.7 Å². The quantitative estimate of drug-likeness (QED) is 0.266. The van der Waals surface area contributed by atoms with Gasteiger partial charge in [-0.25, -0.2) is 4.79 Å². The SMILES string of the molecule is CC(C)CCC[C@H](C)[C@@H]1CC[C@@H]2[C@@H]3[C@H](C)[C@@H]4O[C@@]45C[C@H](OC(=O)c4ccccc4)CC[C@]5(C)[C@@H]3CC[C@@]21C. The molecule has 38 heavy (non-hydrogen) atoms. The summed E-state index contributed by atoms with van der Waals surface area (Å²) in [5.41, 5.74) is 1.29. The second-order valence-corrected chi connectivity index (χ2v) is 15.2. The van der Waals surface area contributed by atoms with E-state index < -0.39 is 0 Å². The summed E-state index contributed by atoms with van der Waals surface area (Å²) in [7, 11) is 0. The van der Waals surface area contributed by atoms with Crippen LogP contribution in [0.4, 0.5) is 0 Å². The van der Waals surface area contributed by atoms with E-state index in [1.165, 1.54) is 44.9 Å². The monoisotopic (exact) mass is 520 g/mol. The van der Waals surface area contributed by atoms with Gasteiger partial charge in [-0.2, -0.15) is 0 Å². The molecule has 210 valence electrons. The first-order valence-electron chi connectivity index (χ1n) is 16.0. The van der Waals surface area contributed by atoms with Gasteiger partial charge in [-0.1, -0.05) is 79.0 Å². The third-order valence-electron chi connectivity index (χ3n) is 12.9. The Morgan fingerprint density at radius 3 is 2.50 bits per heavy atom. The van der Waals surface area contributed by atoms with E-state index in [1.54, 1.807) is 0 Å². The molecule has 3 nitrogen and oxygen atoms in total. The predicted molar refractivity (Wildman–Crippen MR) is 153 cm³/mol. The molecule has 1 saturated heterocycles. The van der Waals surface area contributed by atoms with E-state index in [0.29, 0.717) is 23.0 Å². The fourth-order valence-corrected chi connectivity index (χ4v) is 11.0. The van der Waals surface area contributed by atoms with Gasteiger partial charge >= 0.3 is 5.97 Å². The van der Waals surface area contributed by atoms with Crippen molar-refractivity contribution in [3.05, 3.63) is 35.9 Å². The molecular formula is C35H52O3. The molecule has 1 aromatic rings. The van der Waals surface area contributed by atoms with Crippen LogP contribution in [0.5, 0.6) is 0 Å². The van der Waals surface area contributed by atoms with E-state index in [2.05, 4.69) is 41.5 Å². The smallest absolute Gasteiger partial charge is 0.338 e. The standard InChI is InChI=1S/C35H52O3/c1-22(2)11-10-12-23(3)27-15-16-28-30-24(4)31-35(38-31)21-26(37-32(36)25-13-8-7-9-14-25)17-20-34(35,6)29(30)18-19-33(27,28)5/h7-9,13-14,22-24,26-31H,10-12,15-21H2,1-6H3/t23-,24-,26+,27-,28+,29+,30-,31-,33+,34+,35-/m0/s1. The van der Waals surface area contributed by atoms with Crippen LogP contribution in [-0.4, -0.2) is 23.8 Å². The Labute approximate surface area is 231 Å². The Balaban J connectivity index is 1.17. The minimum Gasteiger partial charge on any atom is -0.459 e. The Morgan fingerprint density at radius 1 is 1.00 bits per heavy atom. The van der Waals surface area contributed by atoms with Crippen LogP contribution >= 0.6 is 0 Å². The lowest BCUT2D eigenvalue weighted by Crippen LogP contribution is -2.61. The number of carbonyl (C=O) groups excluding carboxylic acids is 1. The lowest BCUT2D eigenvalue weighted by molar-refractivity contribution is -0.132. The molecule has 0 bridgehead atoms. The third kappa shape index (κ3) is 4.03. The van der Waals surface area contributed by atoms with Crippen molar-refractivity contribution in [2.45, 2.75) is 124 Å². The fourth-order valence-electron chi connectivity index (χ4n) is 11.0. The molecule has 0 N–H and O–H groups in total. The zero-order valence-corrected chi connectivity index (χ0v) is 24.9. The molecule has 5 fully saturated rings. The van der Waals surface area contributed by atoms with Crippen LogP contribution in [-0.2, 0) is 9.47 Å². The van der Waals surface area contributed by atoms with E-state index in [-0.39, 0.29) is 23.1 Å². The van der Waals surface area contributed by atoms with Crippen molar-refractivity contribution >= 4 is 5.97 Å². The van der Waals surface area contributed by atoms with Crippen LogP contribution in [0.2, 0.25) is 0 Å². The van der Waals surface area contributed by atoms with E-state index in [1.807, 2.05) is 30.3 Å². The highest BCUT2D eigenvalue weighted by Crippen LogP contribution is 2.75. The van der Waals surface area contributed by atoms with Gasteiger partial charge in [0, 0.05) is 11.8 Å². The molecule has 11 atom stereocenters. The Bertz CT molecular complexity index is 1020. The van der Waals surface area contributed by atoms with Crippen LogP contribution < -0.4 is 0 Å². The molecule has 0 unspecified atom stereocenters. The zero-order valence-electron chi connectivity index (χ0n) is 24.9. The molecule has 6 rings (SSSR count). The van der Waals surface area contributed by atoms with Crippen LogP contribution in [0.1, 0.15) is 116 Å². The minimum absolute atomic E-state index is 0.0269. The summed E-state index contributed by atoms with van der Waals surface area (Å²) >= 11 is 0. The third-order valence-corrected chi connectivity index (χ3v) is 12.9. The van der Waals surface area contributed by atoms with Crippen LogP contribution in [0.25, 0.3) is 0 Å². The van der Waals surface area contributed by atoms with Gasteiger partial charge in [0.1, 0.15) is 11.7 Å². The van der Waals surface area contributed by atoms with Crippen molar-refractivity contribution in [1.29, 1.82) is 0 Å². The van der Waals surface area contributed by atoms with Gasteiger partial charge in [-0.15, -0.1) is 0 Å². The summed E-state index contributed by atoms with van der Waals surface area (Å²) < 4.78 is 12.9. The van der Waals surface area contributed by atoms with Crippen molar-refractivity contribution in [2.75, 3.05) is 0 Å². The number of fused-ring (bicyclic) bond motifs is 4. The summed E-state index contributed by atoms with van der Waals surface area (Å²) in [4.78, 5) is 12.8. The molecule has 3 heteroatoms. The lowest BCUT2D eigenvalue weighted by atomic mass is 9.42. The van der Waals surface area contributed by atoms with Crippen molar-refractivity contribution in [3.63, 3.8) is 0 Å². The summed E-state index contributed by atoms with van der Waals surface area (Å²) in [5.74, 6) is 5.37. The van der Waals surface area contributed by atoms with Gasteiger partial charge in [-0.3, -0.25) is 0 Å². The first kappa shape index (κ1) is 26.9. The number of rotatable bonds is 7. The summed E-state index contributed by atoms with van der Waals surface area (Å²) in [5, 5.41) is 0. The lowest BCUT2D eigenvalue weighted by Gasteiger charge is -2.61. The second kappa shape index (κ2) is 9.64. The van der Waals surface area contributed by atoms with E-state index in [0.717, 1.165) is 54.8 Å². The van der Waals surface area contributed by atoms with Crippen molar-refractivity contribution in [2.24, 2.45) is 52.3 Å². The Morgan fingerprint density at radius 2 is 1.76 bits per heavy atom. The predicted octanol–water partition coefficient (Wildman–Crippen LogP) is 8.71. The summed E-state index contributed by atoms with van der Waals surface area (Å²) in [6.07, 6.45) is 13.1. The van der Waals surface area contributed by atoms with Crippen LogP contribution in [0.3, 0.4) is 0 Å². The number of benzene rings is 1.